The molecule has 0 saturated carbocycles. The topological polar surface area (TPSA) is 35.5 Å². The fourth-order valence-corrected chi connectivity index (χ4v) is 2.05. The average Bonchev–Trinajstić information content (AvgIpc) is 2.28. The molecule has 1 heterocycles. The van der Waals surface area contributed by atoms with Crippen LogP contribution in [-0.4, -0.2) is 48.3 Å². The molecule has 84 valence electrons. The van der Waals surface area contributed by atoms with Crippen LogP contribution in [0, 0.1) is 5.92 Å². The van der Waals surface area contributed by atoms with Crippen LogP contribution in [0.15, 0.2) is 0 Å². The van der Waals surface area contributed by atoms with E-state index in [-0.39, 0.29) is 12.6 Å². The van der Waals surface area contributed by atoms with Crippen molar-refractivity contribution in [2.75, 3.05) is 26.2 Å². The zero-order valence-corrected chi connectivity index (χ0v) is 9.66. The Labute approximate surface area is 87.5 Å². The second-order valence-corrected chi connectivity index (χ2v) is 4.82. The maximum Gasteiger partial charge on any atom is 0.0597 e. The summed E-state index contributed by atoms with van der Waals surface area (Å²) in [6, 6.07) is 0.903. The van der Waals surface area contributed by atoms with Crippen molar-refractivity contribution in [2.24, 2.45) is 5.92 Å². The highest BCUT2D eigenvalue weighted by Gasteiger charge is 2.22. The number of nitrogens with zero attached hydrogens (tertiary/aromatic N) is 1. The van der Waals surface area contributed by atoms with E-state index in [0.29, 0.717) is 12.0 Å². The van der Waals surface area contributed by atoms with Crippen LogP contribution in [0.25, 0.3) is 0 Å². The zero-order chi connectivity index (χ0) is 10.6. The molecule has 2 atom stereocenters. The van der Waals surface area contributed by atoms with Crippen LogP contribution in [0.5, 0.6) is 0 Å². The molecule has 0 amide bonds. The van der Waals surface area contributed by atoms with Gasteiger partial charge in [0.05, 0.1) is 6.61 Å². The fraction of sp³-hybridized carbons (Fsp3) is 1.00. The molecule has 2 unspecified atom stereocenters. The summed E-state index contributed by atoms with van der Waals surface area (Å²) >= 11 is 0. The van der Waals surface area contributed by atoms with Crippen molar-refractivity contribution in [2.45, 2.75) is 39.3 Å². The third-order valence-corrected chi connectivity index (χ3v) is 2.89. The van der Waals surface area contributed by atoms with Crippen molar-refractivity contribution >= 4 is 0 Å². The minimum absolute atomic E-state index is 0.251. The van der Waals surface area contributed by atoms with Crippen molar-refractivity contribution < 1.29 is 5.11 Å². The van der Waals surface area contributed by atoms with Gasteiger partial charge in [0.25, 0.3) is 0 Å². The summed E-state index contributed by atoms with van der Waals surface area (Å²) in [6.07, 6.45) is 1.18. The molecule has 3 heteroatoms. The Morgan fingerprint density at radius 2 is 2.21 bits per heavy atom. The van der Waals surface area contributed by atoms with Gasteiger partial charge in [-0.1, -0.05) is 13.8 Å². The molecular weight excluding hydrogens is 176 g/mol. The molecule has 1 aliphatic heterocycles. The van der Waals surface area contributed by atoms with Crippen LogP contribution in [0.3, 0.4) is 0 Å². The van der Waals surface area contributed by atoms with Crippen LogP contribution in [0.2, 0.25) is 0 Å². The lowest BCUT2D eigenvalue weighted by atomic mass is 10.1. The lowest BCUT2D eigenvalue weighted by molar-refractivity contribution is 0.157. The lowest BCUT2D eigenvalue weighted by Gasteiger charge is -2.30. The summed E-state index contributed by atoms with van der Waals surface area (Å²) < 4.78 is 0. The third kappa shape index (κ3) is 3.56. The van der Waals surface area contributed by atoms with Gasteiger partial charge in [-0.3, -0.25) is 4.90 Å². The minimum atomic E-state index is 0.251. The van der Waals surface area contributed by atoms with E-state index in [0.717, 1.165) is 19.6 Å². The Balaban J connectivity index is 2.49. The molecule has 1 aliphatic rings. The number of hydrogen-bond donors (Lipinski definition) is 2. The maximum atomic E-state index is 9.17. The Bertz CT molecular complexity index is 161. The second kappa shape index (κ2) is 5.69. The molecule has 3 nitrogen and oxygen atoms in total. The maximum absolute atomic E-state index is 9.17. The van der Waals surface area contributed by atoms with Gasteiger partial charge in [-0.15, -0.1) is 0 Å². The van der Waals surface area contributed by atoms with Crippen molar-refractivity contribution in [3.05, 3.63) is 0 Å². The quantitative estimate of drug-likeness (QED) is 0.703. The van der Waals surface area contributed by atoms with Crippen molar-refractivity contribution in [1.29, 1.82) is 0 Å². The molecule has 0 aliphatic carbocycles. The molecule has 1 saturated heterocycles. The van der Waals surface area contributed by atoms with E-state index in [1.54, 1.807) is 0 Å². The summed E-state index contributed by atoms with van der Waals surface area (Å²) in [7, 11) is 0. The van der Waals surface area contributed by atoms with E-state index in [9.17, 15) is 0 Å². The van der Waals surface area contributed by atoms with Crippen LogP contribution < -0.4 is 5.32 Å². The summed E-state index contributed by atoms with van der Waals surface area (Å²) in [5.74, 6) is 0.704. The Kier molecular flexibility index (Phi) is 4.85. The zero-order valence-electron chi connectivity index (χ0n) is 9.66. The first kappa shape index (κ1) is 12.0. The molecule has 1 rings (SSSR count). The first-order valence-electron chi connectivity index (χ1n) is 5.71. The molecular formula is C11H24N2O. The smallest absolute Gasteiger partial charge is 0.0597 e. The van der Waals surface area contributed by atoms with Gasteiger partial charge in [0.1, 0.15) is 0 Å². The highest BCUT2D eigenvalue weighted by molar-refractivity contribution is 4.80. The lowest BCUT2D eigenvalue weighted by Crippen LogP contribution is -2.43. The van der Waals surface area contributed by atoms with Crippen molar-refractivity contribution in [3.8, 4) is 0 Å². The van der Waals surface area contributed by atoms with Crippen LogP contribution in [-0.2, 0) is 0 Å². The monoisotopic (exact) mass is 200 g/mol. The molecule has 14 heavy (non-hydrogen) atoms. The van der Waals surface area contributed by atoms with E-state index in [1.807, 2.05) is 0 Å². The molecule has 0 bridgehead atoms. The summed E-state index contributed by atoms with van der Waals surface area (Å²) in [4.78, 5) is 2.49. The van der Waals surface area contributed by atoms with Gasteiger partial charge in [0.2, 0.25) is 0 Å². The molecule has 0 aromatic carbocycles. The first-order valence-corrected chi connectivity index (χ1v) is 5.71. The predicted octanol–water partition coefficient (Wildman–Crippen LogP) is 0.687. The standard InChI is InChI=1S/C11H24N2O/c1-9(2)6-13-7-11(8-14)12-5-4-10(13)3/h9-12,14H,4-8H2,1-3H3. The molecule has 0 radical (unpaired) electrons. The van der Waals surface area contributed by atoms with Crippen molar-refractivity contribution in [1.82, 2.24) is 10.2 Å². The number of nitrogens with one attached hydrogen (secondary N) is 1. The normalized spacial score (nSPS) is 30.6. The van der Waals surface area contributed by atoms with E-state index >= 15 is 0 Å². The Hall–Kier alpha value is -0.120. The van der Waals surface area contributed by atoms with E-state index in [4.69, 9.17) is 5.11 Å². The number of aliphatic hydroxyl groups is 1. The van der Waals surface area contributed by atoms with Gasteiger partial charge < -0.3 is 10.4 Å². The predicted molar refractivity (Wildman–Crippen MR) is 59.4 cm³/mol. The molecule has 1 fully saturated rings. The molecule has 0 spiro atoms. The molecule has 0 aromatic rings. The van der Waals surface area contributed by atoms with Gasteiger partial charge in [-0.25, -0.2) is 0 Å². The van der Waals surface area contributed by atoms with E-state index in [1.165, 1.54) is 6.42 Å². The minimum Gasteiger partial charge on any atom is -0.395 e. The fourth-order valence-electron chi connectivity index (χ4n) is 2.05. The van der Waals surface area contributed by atoms with Gasteiger partial charge in [0.15, 0.2) is 0 Å². The van der Waals surface area contributed by atoms with Gasteiger partial charge in [0, 0.05) is 25.2 Å². The summed E-state index contributed by atoms with van der Waals surface area (Å²) in [5.41, 5.74) is 0. The number of rotatable bonds is 3. The number of hydrogen-bond acceptors (Lipinski definition) is 3. The Morgan fingerprint density at radius 1 is 1.50 bits per heavy atom. The van der Waals surface area contributed by atoms with Gasteiger partial charge in [-0.2, -0.15) is 0 Å². The third-order valence-electron chi connectivity index (χ3n) is 2.89. The van der Waals surface area contributed by atoms with E-state index in [2.05, 4.69) is 31.0 Å². The van der Waals surface area contributed by atoms with E-state index < -0.39 is 0 Å². The average molecular weight is 200 g/mol. The van der Waals surface area contributed by atoms with Crippen LogP contribution in [0.4, 0.5) is 0 Å². The second-order valence-electron chi connectivity index (χ2n) is 4.82. The largest absolute Gasteiger partial charge is 0.395 e. The highest BCUT2D eigenvalue weighted by Crippen LogP contribution is 2.11. The van der Waals surface area contributed by atoms with Crippen LogP contribution >= 0.6 is 0 Å². The summed E-state index contributed by atoms with van der Waals surface area (Å²) in [6.45, 7) is 10.2. The molecule has 2 N–H and O–H groups in total. The van der Waals surface area contributed by atoms with Crippen molar-refractivity contribution in [3.63, 3.8) is 0 Å². The highest BCUT2D eigenvalue weighted by atomic mass is 16.3. The number of aliphatic hydroxyl groups excluding tert-OH is 1. The molecule has 0 aromatic heterocycles. The SMILES string of the molecule is CC(C)CN1CC(CO)NCCC1C. The summed E-state index contributed by atoms with van der Waals surface area (Å²) in [5, 5.41) is 12.5. The Morgan fingerprint density at radius 3 is 2.79 bits per heavy atom. The van der Waals surface area contributed by atoms with Gasteiger partial charge >= 0.3 is 0 Å². The van der Waals surface area contributed by atoms with Crippen LogP contribution in [0.1, 0.15) is 27.2 Å². The van der Waals surface area contributed by atoms with Gasteiger partial charge in [-0.05, 0) is 25.8 Å². The first-order chi connectivity index (χ1) is 6.63.